The van der Waals surface area contributed by atoms with Gasteiger partial charge in [-0.15, -0.1) is 0 Å². The van der Waals surface area contributed by atoms with E-state index < -0.39 is 0 Å². The van der Waals surface area contributed by atoms with Crippen molar-refractivity contribution in [3.8, 4) is 0 Å². The van der Waals surface area contributed by atoms with Gasteiger partial charge in [-0.25, -0.2) is 0 Å². The molecule has 1 rings (SSSR count). The van der Waals surface area contributed by atoms with Gasteiger partial charge >= 0.3 is 0 Å². The van der Waals surface area contributed by atoms with E-state index in [0.717, 1.165) is 5.56 Å². The van der Waals surface area contributed by atoms with Crippen molar-refractivity contribution in [3.05, 3.63) is 32.8 Å². The SMILES string of the molecule is CC(CO)c1cc(Cl)cc(Cl)c1Cl. The van der Waals surface area contributed by atoms with Crippen LogP contribution in [0.15, 0.2) is 12.1 Å². The van der Waals surface area contributed by atoms with Crippen LogP contribution in [0.25, 0.3) is 0 Å². The first-order valence-corrected chi connectivity index (χ1v) is 4.95. The zero-order chi connectivity index (χ0) is 10.0. The quantitative estimate of drug-likeness (QED) is 0.780. The average Bonchev–Trinajstić information content (AvgIpc) is 2.10. The monoisotopic (exact) mass is 238 g/mol. The highest BCUT2D eigenvalue weighted by atomic mass is 35.5. The second kappa shape index (κ2) is 4.52. The summed E-state index contributed by atoms with van der Waals surface area (Å²) in [7, 11) is 0. The number of benzene rings is 1. The molecular formula is C9H9Cl3O. The van der Waals surface area contributed by atoms with Gasteiger partial charge in [0.05, 0.1) is 10.0 Å². The van der Waals surface area contributed by atoms with E-state index in [1.807, 2.05) is 6.92 Å². The maximum Gasteiger partial charge on any atom is 0.0628 e. The Morgan fingerprint density at radius 2 is 1.92 bits per heavy atom. The summed E-state index contributed by atoms with van der Waals surface area (Å²) in [5, 5.41) is 10.4. The van der Waals surface area contributed by atoms with Gasteiger partial charge in [-0.2, -0.15) is 0 Å². The third-order valence-electron chi connectivity index (χ3n) is 1.83. The lowest BCUT2D eigenvalue weighted by molar-refractivity contribution is 0.273. The lowest BCUT2D eigenvalue weighted by Crippen LogP contribution is -1.99. The molecule has 1 aromatic carbocycles. The molecule has 1 nitrogen and oxygen atoms in total. The Kier molecular flexibility index (Phi) is 3.87. The second-order valence-corrected chi connectivity index (χ2v) is 4.10. The molecule has 0 heterocycles. The topological polar surface area (TPSA) is 20.2 Å². The third-order valence-corrected chi connectivity index (χ3v) is 2.86. The summed E-state index contributed by atoms with van der Waals surface area (Å²) < 4.78 is 0. The van der Waals surface area contributed by atoms with E-state index in [0.29, 0.717) is 15.1 Å². The smallest absolute Gasteiger partial charge is 0.0628 e. The van der Waals surface area contributed by atoms with Crippen molar-refractivity contribution in [2.45, 2.75) is 12.8 Å². The van der Waals surface area contributed by atoms with E-state index in [9.17, 15) is 0 Å². The molecule has 0 radical (unpaired) electrons. The van der Waals surface area contributed by atoms with E-state index in [2.05, 4.69) is 0 Å². The largest absolute Gasteiger partial charge is 0.396 e. The number of aliphatic hydroxyl groups is 1. The molecule has 13 heavy (non-hydrogen) atoms. The summed E-state index contributed by atoms with van der Waals surface area (Å²) >= 11 is 17.6. The van der Waals surface area contributed by atoms with Gasteiger partial charge in [-0.1, -0.05) is 41.7 Å². The van der Waals surface area contributed by atoms with Crippen molar-refractivity contribution in [1.29, 1.82) is 0 Å². The summed E-state index contributed by atoms with van der Waals surface area (Å²) in [4.78, 5) is 0. The molecule has 1 atom stereocenters. The molecule has 0 bridgehead atoms. The van der Waals surface area contributed by atoms with Crippen molar-refractivity contribution in [3.63, 3.8) is 0 Å². The number of hydrogen-bond acceptors (Lipinski definition) is 1. The Morgan fingerprint density at radius 3 is 2.46 bits per heavy atom. The van der Waals surface area contributed by atoms with Crippen molar-refractivity contribution in [1.82, 2.24) is 0 Å². The van der Waals surface area contributed by atoms with Gasteiger partial charge < -0.3 is 5.11 Å². The maximum atomic E-state index is 8.95. The Balaban J connectivity index is 3.20. The summed E-state index contributed by atoms with van der Waals surface area (Å²) in [6, 6.07) is 3.30. The van der Waals surface area contributed by atoms with E-state index in [1.54, 1.807) is 12.1 Å². The van der Waals surface area contributed by atoms with Gasteiger partial charge in [0, 0.05) is 17.5 Å². The Bertz CT molecular complexity index is 312. The standard InChI is InChI=1S/C9H9Cl3O/c1-5(4-13)7-2-6(10)3-8(11)9(7)12/h2-3,5,13H,4H2,1H3. The fourth-order valence-corrected chi connectivity index (χ4v) is 1.84. The van der Waals surface area contributed by atoms with E-state index >= 15 is 0 Å². The Hall–Kier alpha value is 0.0500. The molecule has 1 N–H and O–H groups in total. The first-order valence-electron chi connectivity index (χ1n) is 3.81. The minimum atomic E-state index is -0.0521. The second-order valence-electron chi connectivity index (χ2n) is 2.87. The highest BCUT2D eigenvalue weighted by Crippen LogP contribution is 2.33. The molecular weight excluding hydrogens is 230 g/mol. The average molecular weight is 240 g/mol. The highest BCUT2D eigenvalue weighted by Gasteiger charge is 2.12. The third kappa shape index (κ3) is 2.50. The fraction of sp³-hybridized carbons (Fsp3) is 0.333. The molecule has 1 aromatic rings. The maximum absolute atomic E-state index is 8.95. The fourth-order valence-electron chi connectivity index (χ4n) is 1.03. The van der Waals surface area contributed by atoms with Crippen molar-refractivity contribution in [2.24, 2.45) is 0 Å². The molecule has 0 aliphatic carbocycles. The predicted molar refractivity (Wildman–Crippen MR) is 57.0 cm³/mol. The van der Waals surface area contributed by atoms with Gasteiger partial charge in [0.2, 0.25) is 0 Å². The van der Waals surface area contributed by atoms with Crippen molar-refractivity contribution < 1.29 is 5.11 Å². The van der Waals surface area contributed by atoms with Crippen LogP contribution < -0.4 is 0 Å². The molecule has 0 spiro atoms. The van der Waals surface area contributed by atoms with Crippen molar-refractivity contribution >= 4 is 34.8 Å². The van der Waals surface area contributed by atoms with Crippen LogP contribution in [-0.4, -0.2) is 11.7 Å². The molecule has 1 unspecified atom stereocenters. The molecule has 72 valence electrons. The van der Waals surface area contributed by atoms with Gasteiger partial charge in [0.1, 0.15) is 0 Å². The van der Waals surface area contributed by atoms with Crippen LogP contribution >= 0.6 is 34.8 Å². The van der Waals surface area contributed by atoms with Crippen LogP contribution in [-0.2, 0) is 0 Å². The molecule has 0 amide bonds. The summed E-state index contributed by atoms with van der Waals surface area (Å²) in [5.74, 6) is -0.0521. The summed E-state index contributed by atoms with van der Waals surface area (Å²) in [6.07, 6.45) is 0. The minimum Gasteiger partial charge on any atom is -0.396 e. The molecule has 0 saturated carbocycles. The molecule has 0 fully saturated rings. The zero-order valence-corrected chi connectivity index (χ0v) is 9.29. The van der Waals surface area contributed by atoms with Crippen LogP contribution in [0.1, 0.15) is 18.4 Å². The van der Waals surface area contributed by atoms with Crippen LogP contribution in [0.5, 0.6) is 0 Å². The molecule has 0 saturated heterocycles. The minimum absolute atomic E-state index is 0.0242. The summed E-state index contributed by atoms with van der Waals surface area (Å²) in [6.45, 7) is 1.88. The predicted octanol–water partition coefficient (Wildman–Crippen LogP) is 3.74. The van der Waals surface area contributed by atoms with Crippen LogP contribution in [0.2, 0.25) is 15.1 Å². The van der Waals surface area contributed by atoms with Gasteiger partial charge in [0.25, 0.3) is 0 Å². The summed E-state index contributed by atoms with van der Waals surface area (Å²) in [5.41, 5.74) is 0.779. The first kappa shape index (κ1) is 11.1. The van der Waals surface area contributed by atoms with Crippen molar-refractivity contribution in [2.75, 3.05) is 6.61 Å². The highest BCUT2D eigenvalue weighted by molar-refractivity contribution is 6.43. The van der Waals surface area contributed by atoms with Gasteiger partial charge in [-0.3, -0.25) is 0 Å². The van der Waals surface area contributed by atoms with E-state index in [1.165, 1.54) is 0 Å². The Labute approximate surface area is 92.2 Å². The lowest BCUT2D eigenvalue weighted by atomic mass is 10.0. The number of aliphatic hydroxyl groups excluding tert-OH is 1. The number of hydrogen-bond donors (Lipinski definition) is 1. The molecule has 0 aliphatic heterocycles. The van der Waals surface area contributed by atoms with E-state index in [4.69, 9.17) is 39.9 Å². The van der Waals surface area contributed by atoms with Crippen LogP contribution in [0.4, 0.5) is 0 Å². The molecule has 0 aliphatic rings. The van der Waals surface area contributed by atoms with E-state index in [-0.39, 0.29) is 12.5 Å². The number of rotatable bonds is 2. The first-order chi connectivity index (χ1) is 6.06. The molecule has 0 aromatic heterocycles. The molecule has 4 heteroatoms. The van der Waals surface area contributed by atoms with Gasteiger partial charge in [0.15, 0.2) is 0 Å². The number of halogens is 3. The lowest BCUT2D eigenvalue weighted by Gasteiger charge is -2.11. The normalized spacial score (nSPS) is 13.0. The zero-order valence-electron chi connectivity index (χ0n) is 7.02. The Morgan fingerprint density at radius 1 is 1.31 bits per heavy atom. The van der Waals surface area contributed by atoms with Crippen LogP contribution in [0, 0.1) is 0 Å². The van der Waals surface area contributed by atoms with Gasteiger partial charge in [-0.05, 0) is 17.7 Å². The van der Waals surface area contributed by atoms with Crippen LogP contribution in [0.3, 0.4) is 0 Å².